The molecule has 0 unspecified atom stereocenters. The van der Waals surface area contributed by atoms with E-state index in [2.05, 4.69) is 4.74 Å². The van der Waals surface area contributed by atoms with Crippen LogP contribution < -0.4 is 4.74 Å². The van der Waals surface area contributed by atoms with Crippen LogP contribution in [0.2, 0.25) is 0 Å². The standard InChI is InChI=1S/C9H7F3O/c1-6-4-2-3-5-7(6)13-9(12)8(10)11/h2-5H,1H3. The largest absolute Gasteiger partial charge is 0.428 e. The Bertz CT molecular complexity index is 329. The minimum absolute atomic E-state index is 0.0906. The van der Waals surface area contributed by atoms with Crippen molar-refractivity contribution in [1.82, 2.24) is 0 Å². The Hall–Kier alpha value is -1.45. The maximum atomic E-state index is 12.3. The van der Waals surface area contributed by atoms with Crippen LogP contribution in [0.5, 0.6) is 5.75 Å². The SMILES string of the molecule is Cc1ccccc1OC(F)=C(F)F. The second-order valence-corrected chi connectivity index (χ2v) is 2.40. The van der Waals surface area contributed by atoms with E-state index < -0.39 is 12.1 Å². The van der Waals surface area contributed by atoms with E-state index in [0.29, 0.717) is 5.56 Å². The van der Waals surface area contributed by atoms with E-state index in [1.54, 1.807) is 25.1 Å². The number of hydrogen-bond acceptors (Lipinski definition) is 1. The normalized spacial score (nSPS) is 9.54. The van der Waals surface area contributed by atoms with Gasteiger partial charge in [0, 0.05) is 0 Å². The minimum atomic E-state index is -2.46. The van der Waals surface area contributed by atoms with Crippen molar-refractivity contribution in [3.05, 3.63) is 41.9 Å². The molecule has 0 aliphatic carbocycles. The molecule has 0 aliphatic rings. The summed E-state index contributed by atoms with van der Waals surface area (Å²) < 4.78 is 39.8. The highest BCUT2D eigenvalue weighted by Gasteiger charge is 2.08. The molecule has 0 atom stereocenters. The molecule has 13 heavy (non-hydrogen) atoms. The monoisotopic (exact) mass is 188 g/mol. The molecule has 0 N–H and O–H groups in total. The van der Waals surface area contributed by atoms with Crippen molar-refractivity contribution < 1.29 is 17.9 Å². The molecule has 0 heterocycles. The van der Waals surface area contributed by atoms with Crippen LogP contribution >= 0.6 is 0 Å². The summed E-state index contributed by atoms with van der Waals surface area (Å²) in [5.74, 6) is 0.0906. The van der Waals surface area contributed by atoms with Crippen molar-refractivity contribution >= 4 is 0 Å². The number of halogens is 3. The van der Waals surface area contributed by atoms with Gasteiger partial charge in [-0.2, -0.15) is 13.2 Å². The zero-order chi connectivity index (χ0) is 9.84. The van der Waals surface area contributed by atoms with Crippen LogP contribution in [-0.2, 0) is 0 Å². The average molecular weight is 188 g/mol. The van der Waals surface area contributed by atoms with Gasteiger partial charge in [-0.15, -0.1) is 0 Å². The van der Waals surface area contributed by atoms with Gasteiger partial charge in [0.25, 0.3) is 0 Å². The molecule has 0 saturated carbocycles. The molecule has 0 bridgehead atoms. The Morgan fingerprint density at radius 3 is 2.31 bits per heavy atom. The van der Waals surface area contributed by atoms with Crippen LogP contribution in [0.3, 0.4) is 0 Å². The third-order valence-corrected chi connectivity index (χ3v) is 1.44. The third kappa shape index (κ3) is 2.50. The average Bonchev–Trinajstić information content (AvgIpc) is 2.08. The lowest BCUT2D eigenvalue weighted by molar-refractivity contribution is 0.240. The molecule has 4 heteroatoms. The van der Waals surface area contributed by atoms with Gasteiger partial charge in [-0.3, -0.25) is 0 Å². The molecule has 0 fully saturated rings. The predicted molar refractivity (Wildman–Crippen MR) is 42.2 cm³/mol. The fourth-order valence-corrected chi connectivity index (χ4v) is 0.806. The van der Waals surface area contributed by atoms with Crippen molar-refractivity contribution in [2.24, 2.45) is 0 Å². The summed E-state index contributed by atoms with van der Waals surface area (Å²) in [6, 6.07) is 4.48. The summed E-state index contributed by atoms with van der Waals surface area (Å²) in [4.78, 5) is 0. The van der Waals surface area contributed by atoms with Crippen molar-refractivity contribution in [2.75, 3.05) is 0 Å². The van der Waals surface area contributed by atoms with Gasteiger partial charge in [-0.1, -0.05) is 18.2 Å². The highest BCUT2D eigenvalue weighted by molar-refractivity contribution is 5.32. The maximum absolute atomic E-state index is 12.3. The number of para-hydroxylation sites is 1. The van der Waals surface area contributed by atoms with Crippen molar-refractivity contribution in [2.45, 2.75) is 6.92 Å². The first-order chi connectivity index (χ1) is 6.11. The summed E-state index contributed by atoms with van der Waals surface area (Å²) in [5.41, 5.74) is 0.596. The Balaban J connectivity index is 2.87. The maximum Gasteiger partial charge on any atom is 0.344 e. The topological polar surface area (TPSA) is 9.23 Å². The summed E-state index contributed by atoms with van der Waals surface area (Å²) >= 11 is 0. The Morgan fingerprint density at radius 2 is 1.77 bits per heavy atom. The van der Waals surface area contributed by atoms with Crippen molar-refractivity contribution in [1.29, 1.82) is 0 Å². The van der Waals surface area contributed by atoms with Crippen LogP contribution in [0.25, 0.3) is 0 Å². The quantitative estimate of drug-likeness (QED) is 0.646. The van der Waals surface area contributed by atoms with Crippen LogP contribution in [0.4, 0.5) is 13.2 Å². The predicted octanol–water partition coefficient (Wildman–Crippen LogP) is 3.41. The van der Waals surface area contributed by atoms with Crippen LogP contribution in [-0.4, -0.2) is 0 Å². The first-order valence-electron chi connectivity index (χ1n) is 3.55. The van der Waals surface area contributed by atoms with E-state index in [0.717, 1.165) is 0 Å². The summed E-state index contributed by atoms with van der Waals surface area (Å²) in [6.45, 7) is 1.64. The number of benzene rings is 1. The lowest BCUT2D eigenvalue weighted by atomic mass is 10.2. The molecule has 1 nitrogen and oxygen atoms in total. The number of ether oxygens (including phenoxy) is 1. The highest BCUT2D eigenvalue weighted by atomic mass is 19.3. The molecular weight excluding hydrogens is 181 g/mol. The van der Waals surface area contributed by atoms with Gasteiger partial charge in [0.15, 0.2) is 0 Å². The number of rotatable bonds is 2. The van der Waals surface area contributed by atoms with Crippen LogP contribution in [0.1, 0.15) is 5.56 Å². The molecule has 0 spiro atoms. The molecule has 0 amide bonds. The molecule has 1 aromatic carbocycles. The van der Waals surface area contributed by atoms with E-state index in [1.807, 2.05) is 0 Å². The number of hydrogen-bond donors (Lipinski definition) is 0. The van der Waals surface area contributed by atoms with Gasteiger partial charge in [0.2, 0.25) is 0 Å². The second kappa shape index (κ2) is 3.98. The second-order valence-electron chi connectivity index (χ2n) is 2.40. The zero-order valence-corrected chi connectivity index (χ0v) is 6.85. The molecule has 70 valence electrons. The van der Waals surface area contributed by atoms with Crippen molar-refractivity contribution in [3.8, 4) is 5.75 Å². The highest BCUT2D eigenvalue weighted by Crippen LogP contribution is 2.21. The lowest BCUT2D eigenvalue weighted by Gasteiger charge is -2.04. The Kier molecular flexibility index (Phi) is 2.95. The Morgan fingerprint density at radius 1 is 1.15 bits per heavy atom. The van der Waals surface area contributed by atoms with E-state index in [9.17, 15) is 13.2 Å². The van der Waals surface area contributed by atoms with E-state index in [-0.39, 0.29) is 5.75 Å². The van der Waals surface area contributed by atoms with Gasteiger partial charge >= 0.3 is 12.1 Å². The zero-order valence-electron chi connectivity index (χ0n) is 6.85. The molecule has 1 aromatic rings. The van der Waals surface area contributed by atoms with Gasteiger partial charge in [0.1, 0.15) is 5.75 Å². The number of aryl methyl sites for hydroxylation is 1. The summed E-state index contributed by atoms with van der Waals surface area (Å²) in [5, 5.41) is 0. The first-order valence-corrected chi connectivity index (χ1v) is 3.55. The minimum Gasteiger partial charge on any atom is -0.428 e. The molecular formula is C9H7F3O. The Labute approximate surface area is 73.4 Å². The first kappa shape index (κ1) is 9.64. The van der Waals surface area contributed by atoms with Crippen LogP contribution in [0.15, 0.2) is 36.4 Å². The fraction of sp³-hybridized carbons (Fsp3) is 0.111. The summed E-state index contributed by atoms with van der Waals surface area (Å²) in [7, 11) is 0. The molecule has 0 aromatic heterocycles. The van der Waals surface area contributed by atoms with Gasteiger partial charge < -0.3 is 4.74 Å². The third-order valence-electron chi connectivity index (χ3n) is 1.44. The van der Waals surface area contributed by atoms with Gasteiger partial charge in [-0.05, 0) is 18.6 Å². The van der Waals surface area contributed by atoms with E-state index in [4.69, 9.17) is 0 Å². The van der Waals surface area contributed by atoms with E-state index in [1.165, 1.54) is 6.07 Å². The molecule has 0 saturated heterocycles. The van der Waals surface area contributed by atoms with Crippen molar-refractivity contribution in [3.63, 3.8) is 0 Å². The van der Waals surface area contributed by atoms with Gasteiger partial charge in [0.05, 0.1) is 0 Å². The summed E-state index contributed by atoms with van der Waals surface area (Å²) in [6.07, 6.45) is -2.46. The van der Waals surface area contributed by atoms with Gasteiger partial charge in [-0.25, -0.2) is 0 Å². The lowest BCUT2D eigenvalue weighted by Crippen LogP contribution is -1.92. The molecule has 0 radical (unpaired) electrons. The smallest absolute Gasteiger partial charge is 0.344 e. The van der Waals surface area contributed by atoms with E-state index >= 15 is 0 Å². The molecule has 1 rings (SSSR count). The van der Waals surface area contributed by atoms with Crippen LogP contribution in [0, 0.1) is 6.92 Å². The fourth-order valence-electron chi connectivity index (χ4n) is 0.806. The molecule has 0 aliphatic heterocycles.